The molecule has 0 saturated carbocycles. The summed E-state index contributed by atoms with van der Waals surface area (Å²) in [5.41, 5.74) is 2.08. The lowest BCUT2D eigenvalue weighted by atomic mass is 10.00. The number of nitrogens with one attached hydrogen (secondary N) is 1. The van der Waals surface area contributed by atoms with Crippen LogP contribution in [0.2, 0.25) is 5.02 Å². The monoisotopic (exact) mass is 516 g/mol. The highest BCUT2D eigenvalue weighted by Crippen LogP contribution is 2.37. The number of ether oxygens (including phenoxy) is 3. The minimum atomic E-state index is -0.660. The number of carbonyl (C=O) groups excluding carboxylic acids is 2. The van der Waals surface area contributed by atoms with Gasteiger partial charge < -0.3 is 19.5 Å². The van der Waals surface area contributed by atoms with Crippen LogP contribution >= 0.6 is 11.6 Å². The molecule has 1 aliphatic heterocycles. The molecule has 3 aromatic rings. The third-order valence-electron chi connectivity index (χ3n) is 5.54. The van der Waals surface area contributed by atoms with E-state index in [2.05, 4.69) is 10.3 Å². The van der Waals surface area contributed by atoms with E-state index >= 15 is 0 Å². The maximum absolute atomic E-state index is 13.7. The number of alkyl halides is 1. The van der Waals surface area contributed by atoms with Crippen molar-refractivity contribution in [3.63, 3.8) is 0 Å². The maximum Gasteiger partial charge on any atom is 0.251 e. The summed E-state index contributed by atoms with van der Waals surface area (Å²) in [4.78, 5) is 30.1. The molecule has 0 spiro atoms. The summed E-state index contributed by atoms with van der Waals surface area (Å²) in [7, 11) is 1.40. The first kappa shape index (κ1) is 25.4. The maximum atomic E-state index is 13.7. The van der Waals surface area contributed by atoms with E-state index in [0.717, 1.165) is 12.0 Å². The molecule has 4 rings (SSSR count). The topological polar surface area (TPSA) is 86.8 Å². The number of aromatic nitrogens is 1. The molecule has 1 aromatic heterocycles. The van der Waals surface area contributed by atoms with E-state index in [1.807, 2.05) is 0 Å². The normalized spacial score (nSPS) is 12.3. The molecule has 1 amide bonds. The quantitative estimate of drug-likeness (QED) is 0.410. The zero-order chi connectivity index (χ0) is 25.7. The third-order valence-corrected chi connectivity index (χ3v) is 5.83. The van der Waals surface area contributed by atoms with Crippen molar-refractivity contribution in [3.05, 3.63) is 70.1 Å². The van der Waals surface area contributed by atoms with Crippen LogP contribution in [0.25, 0.3) is 11.3 Å². The Labute approximate surface area is 211 Å². The van der Waals surface area contributed by atoms with Crippen LogP contribution in [0.5, 0.6) is 17.2 Å². The summed E-state index contributed by atoms with van der Waals surface area (Å²) in [6.45, 7) is -0.605. The lowest BCUT2D eigenvalue weighted by Gasteiger charge is -2.21. The molecule has 0 aliphatic carbocycles. The summed E-state index contributed by atoms with van der Waals surface area (Å²) >= 11 is 5.96. The van der Waals surface area contributed by atoms with Gasteiger partial charge in [-0.05, 0) is 60.9 Å². The van der Waals surface area contributed by atoms with Crippen molar-refractivity contribution in [1.29, 1.82) is 0 Å². The molecular formula is C26H23ClF2N2O5. The number of benzene rings is 2. The lowest BCUT2D eigenvalue weighted by Crippen LogP contribution is -2.30. The van der Waals surface area contributed by atoms with Gasteiger partial charge in [0.2, 0.25) is 0 Å². The molecule has 10 heteroatoms. The van der Waals surface area contributed by atoms with Crippen LogP contribution in [0.15, 0.2) is 42.5 Å². The fourth-order valence-electron chi connectivity index (χ4n) is 3.78. The number of ketones is 1. The number of pyridine rings is 1. The Morgan fingerprint density at radius 3 is 2.75 bits per heavy atom. The van der Waals surface area contributed by atoms with Crippen LogP contribution in [-0.4, -0.2) is 50.2 Å². The van der Waals surface area contributed by atoms with Crippen molar-refractivity contribution in [2.45, 2.75) is 12.8 Å². The predicted octanol–water partition coefficient (Wildman–Crippen LogP) is 4.84. The Bertz CT molecular complexity index is 1300. The third kappa shape index (κ3) is 5.57. The minimum Gasteiger partial charge on any atom is -0.493 e. The van der Waals surface area contributed by atoms with Gasteiger partial charge in [-0.1, -0.05) is 11.6 Å². The van der Waals surface area contributed by atoms with Gasteiger partial charge >= 0.3 is 0 Å². The zero-order valence-electron chi connectivity index (χ0n) is 19.4. The molecular weight excluding hydrogens is 494 g/mol. The first-order valence-electron chi connectivity index (χ1n) is 11.2. The Balaban J connectivity index is 1.53. The number of rotatable bonds is 9. The second-order valence-corrected chi connectivity index (χ2v) is 8.34. The molecule has 0 unspecified atom stereocenters. The molecule has 0 fully saturated rings. The zero-order valence-corrected chi connectivity index (χ0v) is 20.2. The van der Waals surface area contributed by atoms with Gasteiger partial charge in [0.15, 0.2) is 17.3 Å². The Morgan fingerprint density at radius 2 is 2.00 bits per heavy atom. The lowest BCUT2D eigenvalue weighted by molar-refractivity contribution is 0.0902. The van der Waals surface area contributed by atoms with Crippen molar-refractivity contribution in [3.8, 4) is 28.5 Å². The number of Topliss-reactive ketones (excluding diaryl/α,β-unsaturated/α-hetero) is 1. The second-order valence-electron chi connectivity index (χ2n) is 7.93. The average molecular weight is 517 g/mol. The summed E-state index contributed by atoms with van der Waals surface area (Å²) in [5.74, 6) is -0.389. The van der Waals surface area contributed by atoms with Crippen LogP contribution in [0.1, 0.15) is 32.8 Å². The number of nitrogens with zero attached hydrogens (tertiary/aromatic N) is 1. The van der Waals surface area contributed by atoms with Gasteiger partial charge in [-0.25, -0.2) is 13.8 Å². The first-order chi connectivity index (χ1) is 17.4. The molecule has 0 bridgehead atoms. The molecule has 0 saturated heterocycles. The van der Waals surface area contributed by atoms with Crippen LogP contribution in [0.4, 0.5) is 8.78 Å². The van der Waals surface area contributed by atoms with Gasteiger partial charge in [0, 0.05) is 11.1 Å². The fourth-order valence-corrected chi connectivity index (χ4v) is 3.96. The average Bonchev–Trinajstić information content (AvgIpc) is 2.91. The van der Waals surface area contributed by atoms with Crippen LogP contribution in [-0.2, 0) is 6.42 Å². The smallest absolute Gasteiger partial charge is 0.251 e. The molecule has 2 aromatic carbocycles. The molecule has 1 N–H and O–H groups in total. The van der Waals surface area contributed by atoms with Gasteiger partial charge in [-0.2, -0.15) is 0 Å². The first-order valence-corrected chi connectivity index (χ1v) is 11.6. The Kier molecular flexibility index (Phi) is 8.00. The van der Waals surface area contributed by atoms with Gasteiger partial charge in [0.1, 0.15) is 36.2 Å². The number of hydrogen-bond acceptors (Lipinski definition) is 6. The standard InChI is InChI=1S/C26H23ClF2N2O5/c1-34-23-13-17(5-7-22(23)35-10-8-28)26(33)30-14-21(32)20-12-16-3-2-9-36-25(16)24(31-20)15-4-6-19(29)18(27)11-15/h4-7,11-13H,2-3,8-10,14H2,1H3,(H,30,33). The van der Waals surface area contributed by atoms with Crippen LogP contribution < -0.4 is 19.5 Å². The van der Waals surface area contributed by atoms with Crippen LogP contribution in [0.3, 0.4) is 0 Å². The van der Waals surface area contributed by atoms with E-state index in [-0.39, 0.29) is 35.2 Å². The van der Waals surface area contributed by atoms with E-state index in [9.17, 15) is 18.4 Å². The van der Waals surface area contributed by atoms with Crippen molar-refractivity contribution < 1.29 is 32.6 Å². The minimum absolute atomic E-state index is 0.0700. The molecule has 0 atom stereocenters. The highest BCUT2D eigenvalue weighted by atomic mass is 35.5. The molecule has 7 nitrogen and oxygen atoms in total. The summed E-state index contributed by atoms with van der Waals surface area (Å²) in [6.07, 6.45) is 1.46. The van der Waals surface area contributed by atoms with Gasteiger partial charge in [-0.3, -0.25) is 9.59 Å². The summed E-state index contributed by atoms with van der Waals surface area (Å²) in [6, 6.07) is 10.3. The van der Waals surface area contributed by atoms with E-state index in [4.69, 9.17) is 25.8 Å². The Hall–Kier alpha value is -3.72. The number of methoxy groups -OCH3 is 1. The van der Waals surface area contributed by atoms with Gasteiger partial charge in [-0.15, -0.1) is 0 Å². The largest absolute Gasteiger partial charge is 0.493 e. The van der Waals surface area contributed by atoms with E-state index < -0.39 is 24.2 Å². The number of hydrogen-bond donors (Lipinski definition) is 1. The van der Waals surface area contributed by atoms with E-state index in [1.54, 1.807) is 6.07 Å². The molecule has 0 radical (unpaired) electrons. The molecule has 2 heterocycles. The van der Waals surface area contributed by atoms with Crippen molar-refractivity contribution in [2.75, 3.05) is 33.5 Å². The number of carbonyl (C=O) groups is 2. The number of fused-ring (bicyclic) bond motifs is 1. The Morgan fingerprint density at radius 1 is 1.17 bits per heavy atom. The predicted molar refractivity (Wildman–Crippen MR) is 130 cm³/mol. The summed E-state index contributed by atoms with van der Waals surface area (Å²) < 4.78 is 42.3. The molecule has 188 valence electrons. The molecule has 36 heavy (non-hydrogen) atoms. The number of halogens is 3. The second kappa shape index (κ2) is 11.3. The van der Waals surface area contributed by atoms with E-state index in [1.165, 1.54) is 43.5 Å². The van der Waals surface area contributed by atoms with Crippen molar-refractivity contribution in [2.24, 2.45) is 0 Å². The van der Waals surface area contributed by atoms with Crippen molar-refractivity contribution >= 4 is 23.3 Å². The van der Waals surface area contributed by atoms with Crippen LogP contribution in [0, 0.1) is 5.82 Å². The molecule has 1 aliphatic rings. The van der Waals surface area contributed by atoms with Gasteiger partial charge in [0.25, 0.3) is 5.91 Å². The highest BCUT2D eigenvalue weighted by Gasteiger charge is 2.22. The van der Waals surface area contributed by atoms with E-state index in [0.29, 0.717) is 35.8 Å². The van der Waals surface area contributed by atoms with Gasteiger partial charge in [0.05, 0.1) is 25.3 Å². The SMILES string of the molecule is COc1cc(C(=O)NCC(=O)c2cc3c(c(-c4ccc(F)c(Cl)c4)n2)OCCC3)ccc1OCCF. The van der Waals surface area contributed by atoms with Crippen molar-refractivity contribution in [1.82, 2.24) is 10.3 Å². The summed E-state index contributed by atoms with van der Waals surface area (Å²) in [5, 5.41) is 2.51. The highest BCUT2D eigenvalue weighted by molar-refractivity contribution is 6.31. The number of amides is 1. The number of aryl methyl sites for hydroxylation is 1. The fraction of sp³-hybridized carbons (Fsp3) is 0.269.